The molecular weight excluding hydrogens is 230 g/mol. The smallest absolute Gasteiger partial charge is 0.317 e. The first-order chi connectivity index (χ1) is 8.49. The van der Waals surface area contributed by atoms with E-state index >= 15 is 0 Å². The third-order valence-corrected chi connectivity index (χ3v) is 3.04. The summed E-state index contributed by atoms with van der Waals surface area (Å²) in [4.78, 5) is 17.7. The molecule has 18 heavy (non-hydrogen) atoms. The summed E-state index contributed by atoms with van der Waals surface area (Å²) in [6, 6.07) is 6.07. The molecule has 3 N–H and O–H groups in total. The summed E-state index contributed by atoms with van der Waals surface area (Å²) in [5.41, 5.74) is 2.96. The Kier molecular flexibility index (Phi) is 3.34. The zero-order valence-corrected chi connectivity index (χ0v) is 10.5. The summed E-state index contributed by atoms with van der Waals surface area (Å²) in [5.74, 6) is -0.838. The Bertz CT molecular complexity index is 560. The maximum atomic E-state index is 10.5. The van der Waals surface area contributed by atoms with Crippen LogP contribution in [0, 0.1) is 0 Å². The number of imidazole rings is 1. The molecule has 0 aliphatic rings. The molecule has 1 aromatic carbocycles. The Morgan fingerprint density at radius 3 is 3.00 bits per heavy atom. The van der Waals surface area contributed by atoms with Crippen LogP contribution >= 0.6 is 0 Å². The van der Waals surface area contributed by atoms with E-state index in [0.29, 0.717) is 6.54 Å². The predicted molar refractivity (Wildman–Crippen MR) is 69.6 cm³/mol. The fourth-order valence-electron chi connectivity index (χ4n) is 1.94. The number of aromatic amines is 1. The van der Waals surface area contributed by atoms with Gasteiger partial charge in [0, 0.05) is 12.0 Å². The second-order valence-electron chi connectivity index (χ2n) is 5.02. The zero-order chi connectivity index (χ0) is 13.2. The first-order valence-electron chi connectivity index (χ1n) is 5.85. The quantitative estimate of drug-likeness (QED) is 0.748. The Morgan fingerprint density at radius 2 is 2.28 bits per heavy atom. The lowest BCUT2D eigenvalue weighted by molar-refractivity contribution is -0.136. The molecular formula is C13H17N3O2. The monoisotopic (exact) mass is 247 g/mol. The van der Waals surface area contributed by atoms with E-state index in [2.05, 4.69) is 35.2 Å². The first-order valence-corrected chi connectivity index (χ1v) is 5.85. The molecule has 5 nitrogen and oxygen atoms in total. The van der Waals surface area contributed by atoms with Gasteiger partial charge in [0.1, 0.15) is 0 Å². The van der Waals surface area contributed by atoms with Crippen molar-refractivity contribution in [3.05, 3.63) is 30.1 Å². The molecule has 0 aliphatic carbocycles. The van der Waals surface area contributed by atoms with Crippen molar-refractivity contribution in [1.82, 2.24) is 15.3 Å². The molecule has 0 spiro atoms. The summed E-state index contributed by atoms with van der Waals surface area (Å²) >= 11 is 0. The minimum Gasteiger partial charge on any atom is -0.480 e. The van der Waals surface area contributed by atoms with E-state index in [0.717, 1.165) is 16.6 Å². The van der Waals surface area contributed by atoms with E-state index in [4.69, 9.17) is 5.11 Å². The molecule has 0 amide bonds. The number of rotatable bonds is 5. The Balaban J connectivity index is 2.14. The molecule has 0 fully saturated rings. The molecule has 1 heterocycles. The van der Waals surface area contributed by atoms with E-state index < -0.39 is 5.97 Å². The fourth-order valence-corrected chi connectivity index (χ4v) is 1.94. The van der Waals surface area contributed by atoms with E-state index in [1.54, 1.807) is 6.33 Å². The molecule has 0 saturated carbocycles. The molecule has 0 atom stereocenters. The zero-order valence-electron chi connectivity index (χ0n) is 10.5. The third kappa shape index (κ3) is 2.68. The van der Waals surface area contributed by atoms with Crippen LogP contribution in [0.2, 0.25) is 0 Å². The summed E-state index contributed by atoms with van der Waals surface area (Å²) in [6.45, 7) is 4.76. The van der Waals surface area contributed by atoms with Gasteiger partial charge in [-0.2, -0.15) is 0 Å². The molecule has 1 aromatic heterocycles. The number of nitrogens with one attached hydrogen (secondary N) is 2. The van der Waals surface area contributed by atoms with Gasteiger partial charge in [0.05, 0.1) is 23.9 Å². The number of H-pyrrole nitrogens is 1. The van der Waals surface area contributed by atoms with Gasteiger partial charge in [-0.05, 0) is 17.7 Å². The van der Waals surface area contributed by atoms with Crippen molar-refractivity contribution in [3.8, 4) is 0 Å². The average Bonchev–Trinajstić information content (AvgIpc) is 2.74. The molecule has 5 heteroatoms. The number of hydrogen-bond donors (Lipinski definition) is 3. The number of carbonyl (C=O) groups is 1. The van der Waals surface area contributed by atoms with Crippen LogP contribution in [0.15, 0.2) is 24.5 Å². The van der Waals surface area contributed by atoms with Gasteiger partial charge in [0.25, 0.3) is 0 Å². The van der Waals surface area contributed by atoms with Gasteiger partial charge in [-0.3, -0.25) is 4.79 Å². The minimum atomic E-state index is -0.838. The van der Waals surface area contributed by atoms with Crippen LogP contribution in [-0.4, -0.2) is 34.1 Å². The molecule has 0 saturated heterocycles. The molecule has 2 rings (SSSR count). The number of fused-ring (bicyclic) bond motifs is 1. The van der Waals surface area contributed by atoms with Crippen LogP contribution < -0.4 is 5.32 Å². The Hall–Kier alpha value is -1.88. The van der Waals surface area contributed by atoms with Crippen LogP contribution in [0.5, 0.6) is 0 Å². The Labute approximate surface area is 105 Å². The maximum absolute atomic E-state index is 10.5. The lowest BCUT2D eigenvalue weighted by Gasteiger charge is -2.25. The summed E-state index contributed by atoms with van der Waals surface area (Å²) in [7, 11) is 0. The van der Waals surface area contributed by atoms with Gasteiger partial charge in [0.15, 0.2) is 0 Å². The van der Waals surface area contributed by atoms with Crippen molar-refractivity contribution in [1.29, 1.82) is 0 Å². The lowest BCUT2D eigenvalue weighted by Crippen LogP contribution is -2.35. The highest BCUT2D eigenvalue weighted by Crippen LogP contribution is 2.24. The predicted octanol–water partition coefficient (Wildman–Crippen LogP) is 1.51. The molecule has 96 valence electrons. The molecule has 2 aromatic rings. The number of aliphatic carboxylic acids is 1. The highest BCUT2D eigenvalue weighted by atomic mass is 16.4. The summed E-state index contributed by atoms with van der Waals surface area (Å²) < 4.78 is 0. The standard InChI is InChI=1S/C13H17N3O2/c1-13(2,7-14-6-12(17)18)9-3-4-10-11(5-9)16-8-15-10/h3-5,8,14H,6-7H2,1-2H3,(H,15,16)(H,17,18). The Morgan fingerprint density at radius 1 is 1.50 bits per heavy atom. The van der Waals surface area contributed by atoms with Crippen molar-refractivity contribution in [2.75, 3.05) is 13.1 Å². The van der Waals surface area contributed by atoms with Gasteiger partial charge in [-0.25, -0.2) is 4.98 Å². The van der Waals surface area contributed by atoms with Crippen molar-refractivity contribution < 1.29 is 9.90 Å². The average molecular weight is 247 g/mol. The van der Waals surface area contributed by atoms with Crippen molar-refractivity contribution in [3.63, 3.8) is 0 Å². The van der Waals surface area contributed by atoms with Gasteiger partial charge < -0.3 is 15.4 Å². The number of carboxylic acid groups (broad SMARTS) is 1. The normalized spacial score (nSPS) is 11.9. The van der Waals surface area contributed by atoms with E-state index in [1.807, 2.05) is 12.1 Å². The summed E-state index contributed by atoms with van der Waals surface area (Å²) in [5, 5.41) is 11.6. The van der Waals surface area contributed by atoms with Crippen LogP contribution in [0.4, 0.5) is 0 Å². The van der Waals surface area contributed by atoms with Crippen LogP contribution in [-0.2, 0) is 10.2 Å². The van der Waals surface area contributed by atoms with E-state index in [9.17, 15) is 4.79 Å². The van der Waals surface area contributed by atoms with Crippen molar-refractivity contribution in [2.45, 2.75) is 19.3 Å². The van der Waals surface area contributed by atoms with Gasteiger partial charge in [-0.1, -0.05) is 19.9 Å². The SMILES string of the molecule is CC(C)(CNCC(=O)O)c1ccc2nc[nH]c2c1. The first kappa shape index (κ1) is 12.6. The van der Waals surface area contributed by atoms with Gasteiger partial charge in [-0.15, -0.1) is 0 Å². The topological polar surface area (TPSA) is 78.0 Å². The second kappa shape index (κ2) is 4.78. The van der Waals surface area contributed by atoms with E-state index in [-0.39, 0.29) is 12.0 Å². The summed E-state index contributed by atoms with van der Waals surface area (Å²) in [6.07, 6.45) is 1.67. The van der Waals surface area contributed by atoms with Crippen LogP contribution in [0.25, 0.3) is 11.0 Å². The number of hydrogen-bond acceptors (Lipinski definition) is 3. The van der Waals surface area contributed by atoms with E-state index in [1.165, 1.54) is 0 Å². The molecule has 0 bridgehead atoms. The fraction of sp³-hybridized carbons (Fsp3) is 0.385. The number of carboxylic acids is 1. The minimum absolute atomic E-state index is 0.0181. The second-order valence-corrected chi connectivity index (χ2v) is 5.02. The number of nitrogens with zero attached hydrogens (tertiary/aromatic N) is 1. The number of benzene rings is 1. The van der Waals surface area contributed by atoms with Gasteiger partial charge in [0.2, 0.25) is 0 Å². The largest absolute Gasteiger partial charge is 0.480 e. The van der Waals surface area contributed by atoms with Crippen LogP contribution in [0.3, 0.4) is 0 Å². The maximum Gasteiger partial charge on any atom is 0.317 e. The molecule has 0 unspecified atom stereocenters. The van der Waals surface area contributed by atoms with Crippen molar-refractivity contribution in [2.24, 2.45) is 0 Å². The third-order valence-electron chi connectivity index (χ3n) is 3.04. The van der Waals surface area contributed by atoms with Gasteiger partial charge >= 0.3 is 5.97 Å². The highest BCUT2D eigenvalue weighted by molar-refractivity contribution is 5.75. The highest BCUT2D eigenvalue weighted by Gasteiger charge is 2.21. The lowest BCUT2D eigenvalue weighted by atomic mass is 9.84. The van der Waals surface area contributed by atoms with Crippen molar-refractivity contribution >= 4 is 17.0 Å². The van der Waals surface area contributed by atoms with Crippen LogP contribution in [0.1, 0.15) is 19.4 Å². The molecule has 0 aliphatic heterocycles. The molecule has 0 radical (unpaired) electrons. The number of aromatic nitrogens is 2.